The monoisotopic (exact) mass is 380 g/mol. The number of nitrogens with one attached hydrogen (secondary N) is 2. The molecule has 2 aromatic carbocycles. The second-order valence-electron chi connectivity index (χ2n) is 6.27. The number of aromatic nitrogens is 2. The molecule has 0 fully saturated rings. The van der Waals surface area contributed by atoms with Crippen LogP contribution in [0.1, 0.15) is 24.2 Å². The fraction of sp³-hybridized carbons (Fsp3) is 0.190. The standard InChI is InChI=1S/C21H21FN4O2/c1-3-23-20(27)14(2)24-21(28)18-13-26(17-7-5-4-6-8-17)25-19(18)15-9-11-16(22)12-10-15/h4-14H,3H2,1-2H3,(H,23,27)(H,24,28)/t14-/m1/s1. The summed E-state index contributed by atoms with van der Waals surface area (Å²) >= 11 is 0. The SMILES string of the molecule is CCNC(=O)[C@@H](C)NC(=O)c1cn(-c2ccccc2)nc1-c1ccc(F)cc1. The molecule has 0 saturated heterocycles. The van der Waals surface area contributed by atoms with Crippen molar-refractivity contribution in [3.8, 4) is 16.9 Å². The minimum Gasteiger partial charge on any atom is -0.355 e. The Morgan fingerprint density at radius 3 is 2.43 bits per heavy atom. The van der Waals surface area contributed by atoms with Gasteiger partial charge in [0.2, 0.25) is 5.91 Å². The summed E-state index contributed by atoms with van der Waals surface area (Å²) in [5.41, 5.74) is 2.09. The average molecular weight is 380 g/mol. The Labute approximate surface area is 162 Å². The van der Waals surface area contributed by atoms with E-state index in [4.69, 9.17) is 0 Å². The summed E-state index contributed by atoms with van der Waals surface area (Å²) in [6.45, 7) is 3.90. The number of carbonyl (C=O) groups excluding carboxylic acids is 2. The lowest BCUT2D eigenvalue weighted by Gasteiger charge is -2.13. The molecule has 144 valence electrons. The molecule has 7 heteroatoms. The van der Waals surface area contributed by atoms with E-state index >= 15 is 0 Å². The Morgan fingerprint density at radius 1 is 1.11 bits per heavy atom. The molecule has 3 aromatic rings. The second kappa shape index (κ2) is 8.47. The first-order valence-electron chi connectivity index (χ1n) is 8.99. The van der Waals surface area contributed by atoms with Gasteiger partial charge in [-0.1, -0.05) is 18.2 Å². The van der Waals surface area contributed by atoms with Crippen molar-refractivity contribution in [2.24, 2.45) is 0 Å². The molecule has 0 aliphatic rings. The number of hydrogen-bond donors (Lipinski definition) is 2. The maximum Gasteiger partial charge on any atom is 0.255 e. The van der Waals surface area contributed by atoms with Crippen LogP contribution in [0, 0.1) is 5.82 Å². The van der Waals surface area contributed by atoms with Gasteiger partial charge in [-0.3, -0.25) is 9.59 Å². The first-order chi connectivity index (χ1) is 13.5. The van der Waals surface area contributed by atoms with E-state index in [1.807, 2.05) is 37.3 Å². The number of likely N-dealkylation sites (N-methyl/N-ethyl adjacent to an activating group) is 1. The molecule has 0 saturated carbocycles. The van der Waals surface area contributed by atoms with Crippen molar-refractivity contribution < 1.29 is 14.0 Å². The van der Waals surface area contributed by atoms with Crippen molar-refractivity contribution in [2.75, 3.05) is 6.54 Å². The maximum atomic E-state index is 13.3. The number of para-hydroxylation sites is 1. The summed E-state index contributed by atoms with van der Waals surface area (Å²) in [5.74, 6) is -1.07. The van der Waals surface area contributed by atoms with Gasteiger partial charge < -0.3 is 10.6 Å². The predicted molar refractivity (Wildman–Crippen MR) is 105 cm³/mol. The Balaban J connectivity index is 1.98. The highest BCUT2D eigenvalue weighted by Crippen LogP contribution is 2.24. The predicted octanol–water partition coefficient (Wildman–Crippen LogP) is 2.93. The summed E-state index contributed by atoms with van der Waals surface area (Å²) < 4.78 is 14.9. The van der Waals surface area contributed by atoms with E-state index in [1.165, 1.54) is 12.1 Å². The van der Waals surface area contributed by atoms with Gasteiger partial charge in [-0.15, -0.1) is 0 Å². The van der Waals surface area contributed by atoms with Gasteiger partial charge in [0.25, 0.3) is 5.91 Å². The van der Waals surface area contributed by atoms with Gasteiger partial charge >= 0.3 is 0 Å². The topological polar surface area (TPSA) is 76.0 Å². The molecule has 0 aliphatic carbocycles. The number of amides is 2. The highest BCUT2D eigenvalue weighted by atomic mass is 19.1. The molecular weight excluding hydrogens is 359 g/mol. The van der Waals surface area contributed by atoms with E-state index in [0.29, 0.717) is 23.4 Å². The van der Waals surface area contributed by atoms with E-state index < -0.39 is 11.9 Å². The molecule has 3 rings (SSSR count). The molecule has 1 heterocycles. The third-order valence-corrected chi connectivity index (χ3v) is 4.19. The average Bonchev–Trinajstić information content (AvgIpc) is 3.15. The van der Waals surface area contributed by atoms with Crippen molar-refractivity contribution in [3.05, 3.63) is 72.2 Å². The fourth-order valence-electron chi connectivity index (χ4n) is 2.74. The highest BCUT2D eigenvalue weighted by Gasteiger charge is 2.22. The van der Waals surface area contributed by atoms with Crippen molar-refractivity contribution in [2.45, 2.75) is 19.9 Å². The summed E-state index contributed by atoms with van der Waals surface area (Å²) in [4.78, 5) is 24.8. The molecule has 2 amide bonds. The first-order valence-corrected chi connectivity index (χ1v) is 8.99. The zero-order chi connectivity index (χ0) is 20.1. The number of nitrogens with zero attached hydrogens (tertiary/aromatic N) is 2. The summed E-state index contributed by atoms with van der Waals surface area (Å²) in [6, 6.07) is 14.4. The van der Waals surface area contributed by atoms with Crippen LogP contribution < -0.4 is 10.6 Å². The van der Waals surface area contributed by atoms with Crippen molar-refractivity contribution in [3.63, 3.8) is 0 Å². The molecule has 28 heavy (non-hydrogen) atoms. The van der Waals surface area contributed by atoms with Crippen LogP contribution in [0.25, 0.3) is 16.9 Å². The van der Waals surface area contributed by atoms with Gasteiger partial charge in [0.05, 0.1) is 11.3 Å². The number of halogens is 1. The molecule has 1 atom stereocenters. The fourth-order valence-corrected chi connectivity index (χ4v) is 2.74. The van der Waals surface area contributed by atoms with Crippen LogP contribution in [0.2, 0.25) is 0 Å². The Kier molecular flexibility index (Phi) is 5.84. The minimum atomic E-state index is -0.700. The summed E-state index contributed by atoms with van der Waals surface area (Å²) in [7, 11) is 0. The third-order valence-electron chi connectivity index (χ3n) is 4.19. The Bertz CT molecular complexity index is 968. The zero-order valence-electron chi connectivity index (χ0n) is 15.6. The van der Waals surface area contributed by atoms with Crippen molar-refractivity contribution >= 4 is 11.8 Å². The van der Waals surface area contributed by atoms with Gasteiger partial charge in [-0.05, 0) is 50.2 Å². The number of hydrogen-bond acceptors (Lipinski definition) is 3. The molecule has 0 unspecified atom stereocenters. The van der Waals surface area contributed by atoms with Crippen molar-refractivity contribution in [1.82, 2.24) is 20.4 Å². The Hall–Kier alpha value is -3.48. The van der Waals surface area contributed by atoms with E-state index in [2.05, 4.69) is 15.7 Å². The minimum absolute atomic E-state index is 0.269. The van der Waals surface area contributed by atoms with E-state index in [-0.39, 0.29) is 11.7 Å². The molecule has 0 bridgehead atoms. The van der Waals surface area contributed by atoms with Gasteiger partial charge in [0, 0.05) is 18.3 Å². The second-order valence-corrected chi connectivity index (χ2v) is 6.27. The molecule has 1 aromatic heterocycles. The maximum absolute atomic E-state index is 13.3. The summed E-state index contributed by atoms with van der Waals surface area (Å²) in [6.07, 6.45) is 1.60. The number of rotatable bonds is 6. The van der Waals surface area contributed by atoms with Gasteiger partial charge in [0.15, 0.2) is 0 Å². The molecule has 6 nitrogen and oxygen atoms in total. The van der Waals surface area contributed by atoms with E-state index in [1.54, 1.807) is 29.9 Å². The molecule has 0 spiro atoms. The lowest BCUT2D eigenvalue weighted by Crippen LogP contribution is -2.44. The largest absolute Gasteiger partial charge is 0.355 e. The quantitative estimate of drug-likeness (QED) is 0.690. The van der Waals surface area contributed by atoms with Gasteiger partial charge in [-0.25, -0.2) is 9.07 Å². The normalized spacial score (nSPS) is 11.7. The molecule has 0 radical (unpaired) electrons. The van der Waals surface area contributed by atoms with E-state index in [0.717, 1.165) is 5.69 Å². The van der Waals surface area contributed by atoms with Crippen molar-refractivity contribution in [1.29, 1.82) is 0 Å². The van der Waals surface area contributed by atoms with Crippen LogP contribution in [0.15, 0.2) is 60.8 Å². The number of carbonyl (C=O) groups is 2. The van der Waals surface area contributed by atoms with Gasteiger partial charge in [-0.2, -0.15) is 5.10 Å². The van der Waals surface area contributed by atoms with Crippen LogP contribution in [-0.2, 0) is 4.79 Å². The lowest BCUT2D eigenvalue weighted by atomic mass is 10.1. The van der Waals surface area contributed by atoms with E-state index in [9.17, 15) is 14.0 Å². The zero-order valence-corrected chi connectivity index (χ0v) is 15.6. The summed E-state index contributed by atoms with van der Waals surface area (Å²) in [5, 5.41) is 9.88. The molecule has 2 N–H and O–H groups in total. The van der Waals surface area contributed by atoms with Gasteiger partial charge in [0.1, 0.15) is 17.6 Å². The lowest BCUT2D eigenvalue weighted by molar-refractivity contribution is -0.122. The highest BCUT2D eigenvalue weighted by molar-refractivity contribution is 6.02. The van der Waals surface area contributed by atoms with Crippen LogP contribution >= 0.6 is 0 Å². The first kappa shape index (κ1) is 19.3. The smallest absolute Gasteiger partial charge is 0.255 e. The molecule has 0 aliphatic heterocycles. The Morgan fingerprint density at radius 2 is 1.79 bits per heavy atom. The van der Waals surface area contributed by atoms with Crippen LogP contribution in [0.3, 0.4) is 0 Å². The third kappa shape index (κ3) is 4.25. The van der Waals surface area contributed by atoms with Crippen LogP contribution in [0.4, 0.5) is 4.39 Å². The van der Waals surface area contributed by atoms with Crippen LogP contribution in [0.5, 0.6) is 0 Å². The number of benzene rings is 2. The molecular formula is C21H21FN4O2. The van der Waals surface area contributed by atoms with Crippen LogP contribution in [-0.4, -0.2) is 34.2 Å².